The van der Waals surface area contributed by atoms with Crippen LogP contribution in [0.2, 0.25) is 0 Å². The monoisotopic (exact) mass is 484 g/mol. The number of rotatable bonds is 5. The molecule has 0 spiro atoms. The highest BCUT2D eigenvalue weighted by atomic mass is 19.4. The minimum Gasteiger partial charge on any atom is -0.456 e. The Bertz CT molecular complexity index is 984. The predicted octanol–water partition coefficient (Wildman–Crippen LogP) is 3.84. The van der Waals surface area contributed by atoms with E-state index in [9.17, 15) is 33.0 Å². The van der Waals surface area contributed by atoms with Crippen LogP contribution >= 0.6 is 0 Å². The zero-order chi connectivity index (χ0) is 25.7. The van der Waals surface area contributed by atoms with Gasteiger partial charge in [-0.3, -0.25) is 4.79 Å². The Morgan fingerprint density at radius 1 is 1.18 bits per heavy atom. The first kappa shape index (κ1) is 26.4. The molecule has 0 aromatic heterocycles. The molecule has 0 amide bonds. The Morgan fingerprint density at radius 3 is 2.26 bits per heavy atom. The Labute approximate surface area is 196 Å². The summed E-state index contributed by atoms with van der Waals surface area (Å²) in [6, 6.07) is 6.35. The van der Waals surface area contributed by atoms with E-state index < -0.39 is 46.5 Å². The topological polar surface area (TPSA) is 93.1 Å². The predicted molar refractivity (Wildman–Crippen MR) is 117 cm³/mol. The smallest absolute Gasteiger partial charge is 0.432 e. The molecular weight excluding hydrogens is 453 g/mol. The number of halogens is 3. The average Bonchev–Trinajstić information content (AvgIpc) is 3.03. The van der Waals surface area contributed by atoms with E-state index in [2.05, 4.69) is 0 Å². The van der Waals surface area contributed by atoms with Gasteiger partial charge in [-0.1, -0.05) is 49.8 Å². The zero-order valence-electron chi connectivity index (χ0n) is 19.9. The molecule has 0 saturated heterocycles. The number of alkyl halides is 3. The number of fused-ring (bicyclic) bond motifs is 1. The molecule has 0 bridgehead atoms. The summed E-state index contributed by atoms with van der Waals surface area (Å²) in [5.41, 5.74) is -7.57. The highest BCUT2D eigenvalue weighted by Crippen LogP contribution is 2.51. The van der Waals surface area contributed by atoms with Crippen LogP contribution in [0, 0.1) is 11.8 Å². The molecule has 1 aromatic rings. The van der Waals surface area contributed by atoms with Crippen LogP contribution in [-0.4, -0.2) is 52.6 Å². The molecule has 0 heterocycles. The molecule has 1 saturated carbocycles. The summed E-state index contributed by atoms with van der Waals surface area (Å²) >= 11 is 0. The van der Waals surface area contributed by atoms with Gasteiger partial charge in [0.25, 0.3) is 5.60 Å². The van der Waals surface area contributed by atoms with E-state index in [1.54, 1.807) is 20.8 Å². The minimum absolute atomic E-state index is 0.0147. The largest absolute Gasteiger partial charge is 0.456 e. The van der Waals surface area contributed by atoms with Crippen molar-refractivity contribution >= 4 is 11.8 Å². The number of ether oxygens (including phenoxy) is 2. The number of ketones is 1. The number of carbonyl (C=O) groups excluding carboxylic acids is 2. The maximum absolute atomic E-state index is 14.3. The lowest BCUT2D eigenvalue weighted by Gasteiger charge is -2.43. The van der Waals surface area contributed by atoms with Gasteiger partial charge in [-0.15, -0.1) is 0 Å². The molecule has 9 heteroatoms. The number of carbonyl (C=O) groups is 2. The van der Waals surface area contributed by atoms with Gasteiger partial charge >= 0.3 is 12.1 Å². The molecule has 1 aromatic carbocycles. The SMILES string of the molecule is CO[C@](C(=O)O[C@H]1C[C@@H](C(C)C)C(=O)C2=C(C)CC[C@@]2(O)[C@]1(C)O)(c1ccccc1)C(F)(F)F. The standard InChI is InChI=1S/C25H31F3O6/c1-14(2)17-13-18(22(4,31)23(32)12-11-15(3)19(23)20(17)29)34-21(30)24(33-5,25(26,27)28)16-9-7-6-8-10-16/h6-10,14,17-18,31-32H,11-13H2,1-5H3/t17-,18-,22+,23-,24-/m0/s1. The Kier molecular flexibility index (Phi) is 6.80. The summed E-state index contributed by atoms with van der Waals surface area (Å²) in [7, 11) is 0.752. The van der Waals surface area contributed by atoms with Gasteiger partial charge in [-0.25, -0.2) is 4.79 Å². The van der Waals surface area contributed by atoms with Crippen molar-refractivity contribution in [1.29, 1.82) is 0 Å². The summed E-state index contributed by atoms with van der Waals surface area (Å²) < 4.78 is 53.2. The highest BCUT2D eigenvalue weighted by molar-refractivity contribution is 6.01. The maximum Gasteiger partial charge on any atom is 0.432 e. The van der Waals surface area contributed by atoms with Gasteiger partial charge in [0, 0.05) is 24.2 Å². The van der Waals surface area contributed by atoms with E-state index in [0.29, 0.717) is 12.0 Å². The second-order valence-corrected chi connectivity index (χ2v) is 9.76. The van der Waals surface area contributed by atoms with Crippen molar-refractivity contribution in [3.63, 3.8) is 0 Å². The number of esters is 1. The van der Waals surface area contributed by atoms with Gasteiger partial charge < -0.3 is 19.7 Å². The van der Waals surface area contributed by atoms with E-state index in [0.717, 1.165) is 19.2 Å². The van der Waals surface area contributed by atoms with E-state index >= 15 is 0 Å². The van der Waals surface area contributed by atoms with Crippen LogP contribution < -0.4 is 0 Å². The fraction of sp³-hybridized carbons (Fsp3) is 0.600. The van der Waals surface area contributed by atoms with Crippen LogP contribution in [0.5, 0.6) is 0 Å². The normalized spacial score (nSPS) is 31.8. The third-order valence-electron chi connectivity index (χ3n) is 7.44. The molecule has 2 N–H and O–H groups in total. The number of methoxy groups -OCH3 is 1. The second kappa shape index (κ2) is 8.77. The van der Waals surface area contributed by atoms with Crippen molar-refractivity contribution in [2.45, 2.75) is 76.0 Å². The molecule has 6 nitrogen and oxygen atoms in total. The molecule has 5 atom stereocenters. The first-order valence-corrected chi connectivity index (χ1v) is 11.2. The van der Waals surface area contributed by atoms with Gasteiger partial charge in [0.1, 0.15) is 17.3 Å². The molecule has 34 heavy (non-hydrogen) atoms. The zero-order valence-corrected chi connectivity index (χ0v) is 19.9. The molecule has 1 fully saturated rings. The lowest BCUT2D eigenvalue weighted by atomic mass is 9.76. The van der Waals surface area contributed by atoms with Gasteiger partial charge in [0.15, 0.2) is 5.78 Å². The van der Waals surface area contributed by atoms with Crippen molar-refractivity contribution in [2.75, 3.05) is 7.11 Å². The molecule has 2 aliphatic carbocycles. The second-order valence-electron chi connectivity index (χ2n) is 9.76. The van der Waals surface area contributed by atoms with E-state index in [4.69, 9.17) is 9.47 Å². The third-order valence-corrected chi connectivity index (χ3v) is 7.44. The van der Waals surface area contributed by atoms with Gasteiger partial charge in [0.2, 0.25) is 0 Å². The van der Waals surface area contributed by atoms with Crippen LogP contribution in [0.25, 0.3) is 0 Å². The lowest BCUT2D eigenvalue weighted by Crippen LogP contribution is -2.61. The maximum atomic E-state index is 14.3. The molecule has 3 rings (SSSR count). The van der Waals surface area contributed by atoms with Crippen LogP contribution in [0.1, 0.15) is 52.5 Å². The number of aliphatic hydroxyl groups is 2. The number of hydrogen-bond acceptors (Lipinski definition) is 6. The fourth-order valence-corrected chi connectivity index (χ4v) is 5.25. The molecular formula is C25H31F3O6. The van der Waals surface area contributed by atoms with Crippen LogP contribution in [0.4, 0.5) is 13.2 Å². The van der Waals surface area contributed by atoms with Crippen molar-refractivity contribution in [2.24, 2.45) is 11.8 Å². The summed E-state index contributed by atoms with van der Waals surface area (Å²) in [4.78, 5) is 26.6. The number of allylic oxidation sites excluding steroid dienone is 1. The van der Waals surface area contributed by atoms with Gasteiger partial charge in [0.05, 0.1) is 0 Å². The van der Waals surface area contributed by atoms with E-state index in [-0.39, 0.29) is 30.1 Å². The van der Waals surface area contributed by atoms with E-state index in [1.165, 1.54) is 25.1 Å². The van der Waals surface area contributed by atoms with Crippen molar-refractivity contribution in [1.82, 2.24) is 0 Å². The summed E-state index contributed by atoms with van der Waals surface area (Å²) in [6.07, 6.45) is -6.74. The molecule has 0 unspecified atom stereocenters. The highest BCUT2D eigenvalue weighted by Gasteiger charge is 2.67. The Balaban J connectivity index is 2.12. The van der Waals surface area contributed by atoms with Crippen LogP contribution in [0.15, 0.2) is 41.5 Å². The first-order chi connectivity index (χ1) is 15.6. The van der Waals surface area contributed by atoms with E-state index in [1.807, 2.05) is 0 Å². The Morgan fingerprint density at radius 2 is 1.76 bits per heavy atom. The number of benzene rings is 1. The summed E-state index contributed by atoms with van der Waals surface area (Å²) in [5, 5.41) is 23.0. The fourth-order valence-electron chi connectivity index (χ4n) is 5.25. The molecule has 188 valence electrons. The van der Waals surface area contributed by atoms with Crippen molar-refractivity contribution in [3.8, 4) is 0 Å². The number of hydrogen-bond donors (Lipinski definition) is 2. The quantitative estimate of drug-likeness (QED) is 0.617. The van der Waals surface area contributed by atoms with Crippen LogP contribution in [-0.2, 0) is 24.7 Å². The Hall–Kier alpha value is -2.23. The van der Waals surface area contributed by atoms with Crippen molar-refractivity contribution < 1.29 is 42.4 Å². The molecule has 2 aliphatic rings. The summed E-state index contributed by atoms with van der Waals surface area (Å²) in [6.45, 7) is 6.39. The molecule has 0 aliphatic heterocycles. The van der Waals surface area contributed by atoms with Crippen LogP contribution in [0.3, 0.4) is 0 Å². The number of Topliss-reactive ketones (excluding diaryl/α,β-unsaturated/α-hetero) is 1. The minimum atomic E-state index is -5.20. The summed E-state index contributed by atoms with van der Waals surface area (Å²) in [5.74, 6) is -3.22. The third kappa shape index (κ3) is 3.78. The van der Waals surface area contributed by atoms with Gasteiger partial charge in [-0.2, -0.15) is 13.2 Å². The average molecular weight is 485 g/mol. The molecule has 0 radical (unpaired) electrons. The lowest BCUT2D eigenvalue weighted by molar-refractivity contribution is -0.284. The van der Waals surface area contributed by atoms with Gasteiger partial charge in [-0.05, 0) is 39.0 Å². The van der Waals surface area contributed by atoms with Crippen molar-refractivity contribution in [3.05, 3.63) is 47.0 Å². The first-order valence-electron chi connectivity index (χ1n) is 11.2.